The fourth-order valence-corrected chi connectivity index (χ4v) is 1.41. The zero-order chi connectivity index (χ0) is 12.1. The lowest BCUT2D eigenvalue weighted by molar-refractivity contribution is 0.306. The Hall–Kier alpha value is -2.47. The van der Waals surface area contributed by atoms with Crippen LogP contribution in [0.15, 0.2) is 48.5 Å². The third-order valence-electron chi connectivity index (χ3n) is 2.30. The highest BCUT2D eigenvalue weighted by Crippen LogP contribution is 2.16. The van der Waals surface area contributed by atoms with Gasteiger partial charge in [0.1, 0.15) is 18.1 Å². The predicted molar refractivity (Wildman–Crippen MR) is 63.6 cm³/mol. The molecule has 0 saturated carbocycles. The maximum Gasteiger partial charge on any atom is 0.121 e. The molecule has 0 unspecified atom stereocenters. The molecule has 3 nitrogen and oxygen atoms in total. The minimum Gasteiger partial charge on any atom is -0.508 e. The van der Waals surface area contributed by atoms with Crippen molar-refractivity contribution < 1.29 is 9.84 Å². The third-order valence-corrected chi connectivity index (χ3v) is 2.30. The van der Waals surface area contributed by atoms with Gasteiger partial charge in [-0.1, -0.05) is 18.2 Å². The molecule has 84 valence electrons. The Morgan fingerprint density at radius 2 is 1.88 bits per heavy atom. The van der Waals surface area contributed by atoms with Crippen LogP contribution >= 0.6 is 0 Å². The number of phenolic OH excluding ortho intramolecular Hbond substituents is 1. The van der Waals surface area contributed by atoms with Crippen LogP contribution in [0.25, 0.3) is 0 Å². The number of benzene rings is 2. The van der Waals surface area contributed by atoms with Gasteiger partial charge in [0, 0.05) is 0 Å². The van der Waals surface area contributed by atoms with Gasteiger partial charge in [0.2, 0.25) is 0 Å². The molecule has 17 heavy (non-hydrogen) atoms. The second-order valence-corrected chi connectivity index (χ2v) is 3.59. The largest absolute Gasteiger partial charge is 0.508 e. The van der Waals surface area contributed by atoms with Gasteiger partial charge >= 0.3 is 0 Å². The van der Waals surface area contributed by atoms with Crippen molar-refractivity contribution in [2.75, 3.05) is 0 Å². The predicted octanol–water partition coefficient (Wildman–Crippen LogP) is 2.84. The van der Waals surface area contributed by atoms with E-state index < -0.39 is 0 Å². The van der Waals surface area contributed by atoms with Crippen LogP contribution in [0.2, 0.25) is 0 Å². The SMILES string of the molecule is N#Cc1cccc(OCc2ccc(O)cc2)c1. The first-order valence-corrected chi connectivity index (χ1v) is 5.19. The Kier molecular flexibility index (Phi) is 3.27. The molecule has 2 rings (SSSR count). The van der Waals surface area contributed by atoms with E-state index >= 15 is 0 Å². The molecule has 1 N–H and O–H groups in total. The average molecular weight is 225 g/mol. The van der Waals surface area contributed by atoms with Gasteiger partial charge in [-0.3, -0.25) is 0 Å². The van der Waals surface area contributed by atoms with E-state index in [-0.39, 0.29) is 5.75 Å². The smallest absolute Gasteiger partial charge is 0.121 e. The van der Waals surface area contributed by atoms with E-state index in [1.165, 1.54) is 0 Å². The Bertz CT molecular complexity index is 541. The first-order valence-electron chi connectivity index (χ1n) is 5.19. The van der Waals surface area contributed by atoms with Crippen molar-refractivity contribution >= 4 is 0 Å². The molecule has 0 fully saturated rings. The number of hydrogen-bond acceptors (Lipinski definition) is 3. The molecule has 0 heterocycles. The summed E-state index contributed by atoms with van der Waals surface area (Å²) in [5.74, 6) is 0.900. The number of aromatic hydroxyl groups is 1. The molecule has 0 aliphatic heterocycles. The molecule has 0 amide bonds. The molecule has 3 heteroatoms. The first-order chi connectivity index (χ1) is 8.28. The number of hydrogen-bond donors (Lipinski definition) is 1. The van der Waals surface area contributed by atoms with E-state index in [1.54, 1.807) is 48.5 Å². The van der Waals surface area contributed by atoms with Crippen molar-refractivity contribution in [3.63, 3.8) is 0 Å². The van der Waals surface area contributed by atoms with Gasteiger partial charge in [-0.15, -0.1) is 0 Å². The number of nitrogens with zero attached hydrogens (tertiary/aromatic N) is 1. The van der Waals surface area contributed by atoms with Crippen LogP contribution in [-0.2, 0) is 6.61 Å². The van der Waals surface area contributed by atoms with E-state index in [0.717, 1.165) is 5.56 Å². The number of rotatable bonds is 3. The second kappa shape index (κ2) is 5.04. The maximum atomic E-state index is 9.13. The van der Waals surface area contributed by atoms with E-state index in [4.69, 9.17) is 15.1 Å². The van der Waals surface area contributed by atoms with Crippen LogP contribution < -0.4 is 4.74 Å². The lowest BCUT2D eigenvalue weighted by atomic mass is 10.2. The summed E-state index contributed by atoms with van der Waals surface area (Å²) in [6, 6.07) is 15.9. The Balaban J connectivity index is 2.02. The molecule has 0 aromatic heterocycles. The highest BCUT2D eigenvalue weighted by Gasteiger charge is 1.97. The molecular weight excluding hydrogens is 214 g/mol. The lowest BCUT2D eigenvalue weighted by Crippen LogP contribution is -1.95. The Morgan fingerprint density at radius 3 is 2.59 bits per heavy atom. The highest BCUT2D eigenvalue weighted by atomic mass is 16.5. The van der Waals surface area contributed by atoms with Crippen LogP contribution in [0.1, 0.15) is 11.1 Å². The molecule has 0 spiro atoms. The summed E-state index contributed by atoms with van der Waals surface area (Å²) in [4.78, 5) is 0. The molecule has 0 radical (unpaired) electrons. The van der Waals surface area contributed by atoms with Crippen molar-refractivity contribution in [3.8, 4) is 17.6 Å². The molecular formula is C14H11NO2. The lowest BCUT2D eigenvalue weighted by Gasteiger charge is -2.06. The summed E-state index contributed by atoms with van der Waals surface area (Å²) in [7, 11) is 0. The zero-order valence-corrected chi connectivity index (χ0v) is 9.13. The molecule has 0 bridgehead atoms. The van der Waals surface area contributed by atoms with Gasteiger partial charge in [0.05, 0.1) is 11.6 Å². The summed E-state index contributed by atoms with van der Waals surface area (Å²) < 4.78 is 5.54. The quantitative estimate of drug-likeness (QED) is 0.873. The Labute approximate surface area is 99.5 Å². The second-order valence-electron chi connectivity index (χ2n) is 3.59. The molecule has 0 aliphatic rings. The van der Waals surface area contributed by atoms with Gasteiger partial charge in [-0.05, 0) is 35.9 Å². The van der Waals surface area contributed by atoms with Gasteiger partial charge < -0.3 is 9.84 Å². The van der Waals surface area contributed by atoms with Gasteiger partial charge in [-0.2, -0.15) is 5.26 Å². The van der Waals surface area contributed by atoms with Gasteiger partial charge in [0.15, 0.2) is 0 Å². The van der Waals surface area contributed by atoms with Crippen molar-refractivity contribution in [2.24, 2.45) is 0 Å². The van der Waals surface area contributed by atoms with Crippen LogP contribution in [-0.4, -0.2) is 5.11 Å². The van der Waals surface area contributed by atoms with Crippen LogP contribution in [0, 0.1) is 11.3 Å². The minimum atomic E-state index is 0.236. The van der Waals surface area contributed by atoms with Crippen LogP contribution in [0.5, 0.6) is 11.5 Å². The minimum absolute atomic E-state index is 0.236. The van der Waals surface area contributed by atoms with Crippen LogP contribution in [0.4, 0.5) is 0 Å². The van der Waals surface area contributed by atoms with E-state index in [2.05, 4.69) is 6.07 Å². The standard InChI is InChI=1S/C14H11NO2/c15-9-12-2-1-3-14(8-12)17-10-11-4-6-13(16)7-5-11/h1-8,16H,10H2. The maximum absolute atomic E-state index is 9.13. The fraction of sp³-hybridized carbons (Fsp3) is 0.0714. The topological polar surface area (TPSA) is 53.2 Å². The van der Waals surface area contributed by atoms with Crippen molar-refractivity contribution in [3.05, 3.63) is 59.7 Å². The van der Waals surface area contributed by atoms with E-state index in [0.29, 0.717) is 17.9 Å². The molecule has 2 aromatic carbocycles. The van der Waals surface area contributed by atoms with E-state index in [9.17, 15) is 0 Å². The summed E-state index contributed by atoms with van der Waals surface area (Å²) in [5.41, 5.74) is 1.54. The van der Waals surface area contributed by atoms with Crippen LogP contribution in [0.3, 0.4) is 0 Å². The Morgan fingerprint density at radius 1 is 1.12 bits per heavy atom. The number of ether oxygens (including phenoxy) is 1. The average Bonchev–Trinajstić information content (AvgIpc) is 2.38. The van der Waals surface area contributed by atoms with Gasteiger partial charge in [-0.25, -0.2) is 0 Å². The zero-order valence-electron chi connectivity index (χ0n) is 9.13. The van der Waals surface area contributed by atoms with Crippen molar-refractivity contribution in [1.82, 2.24) is 0 Å². The van der Waals surface area contributed by atoms with E-state index in [1.807, 2.05) is 0 Å². The molecule has 0 saturated heterocycles. The molecule has 0 aliphatic carbocycles. The summed E-state index contributed by atoms with van der Waals surface area (Å²) in [6.45, 7) is 0.412. The van der Waals surface area contributed by atoms with Crippen molar-refractivity contribution in [1.29, 1.82) is 5.26 Å². The summed E-state index contributed by atoms with van der Waals surface area (Å²) in [5, 5.41) is 17.9. The van der Waals surface area contributed by atoms with Gasteiger partial charge in [0.25, 0.3) is 0 Å². The first kappa shape index (κ1) is 11.0. The molecule has 0 atom stereocenters. The van der Waals surface area contributed by atoms with Crippen molar-refractivity contribution in [2.45, 2.75) is 6.61 Å². The summed E-state index contributed by atoms with van der Waals surface area (Å²) in [6.07, 6.45) is 0. The monoisotopic (exact) mass is 225 g/mol. The number of phenols is 1. The normalized spacial score (nSPS) is 9.59. The fourth-order valence-electron chi connectivity index (χ4n) is 1.41. The molecule has 2 aromatic rings. The highest BCUT2D eigenvalue weighted by molar-refractivity contribution is 5.36. The summed E-state index contributed by atoms with van der Waals surface area (Å²) >= 11 is 0. The number of nitriles is 1. The third kappa shape index (κ3) is 2.99.